The van der Waals surface area contributed by atoms with Crippen molar-refractivity contribution in [2.75, 3.05) is 11.5 Å². The molecular weight excluding hydrogens is 275 g/mol. The lowest BCUT2D eigenvalue weighted by Crippen LogP contribution is -2.38. The third-order valence-electron chi connectivity index (χ3n) is 1.77. The van der Waals surface area contributed by atoms with Crippen molar-refractivity contribution in [3.8, 4) is 0 Å². The number of halogens is 5. The van der Waals surface area contributed by atoms with Crippen LogP contribution in [0.3, 0.4) is 0 Å². The standard InChI is InChI=1S/C7H9F5O4S/c8-6(9,7(10,11)12)2-4-17(15,16)3-1-5(13)14/h1-4H2,(H,13,14). The minimum atomic E-state index is -5.81. The minimum Gasteiger partial charge on any atom is -0.481 e. The summed E-state index contributed by atoms with van der Waals surface area (Å²) in [5, 5.41) is 8.14. The van der Waals surface area contributed by atoms with Gasteiger partial charge in [-0.2, -0.15) is 22.0 Å². The number of carbonyl (C=O) groups is 1. The van der Waals surface area contributed by atoms with Crippen LogP contribution in [0.1, 0.15) is 12.8 Å². The lowest BCUT2D eigenvalue weighted by molar-refractivity contribution is -0.282. The Bertz CT molecular complexity index is 372. The van der Waals surface area contributed by atoms with Crippen molar-refractivity contribution in [3.05, 3.63) is 0 Å². The first-order chi connectivity index (χ1) is 7.37. The Morgan fingerprint density at radius 3 is 1.88 bits per heavy atom. The van der Waals surface area contributed by atoms with Gasteiger partial charge in [0, 0.05) is 6.42 Å². The number of hydrogen-bond donors (Lipinski definition) is 1. The van der Waals surface area contributed by atoms with Crippen molar-refractivity contribution in [2.24, 2.45) is 0 Å². The first-order valence-electron chi connectivity index (χ1n) is 4.24. The molecule has 10 heteroatoms. The number of rotatable bonds is 6. The van der Waals surface area contributed by atoms with Crippen LogP contribution >= 0.6 is 0 Å². The smallest absolute Gasteiger partial charge is 0.453 e. The molecule has 0 fully saturated rings. The van der Waals surface area contributed by atoms with Crippen LogP contribution < -0.4 is 0 Å². The van der Waals surface area contributed by atoms with Crippen molar-refractivity contribution < 1.29 is 40.3 Å². The van der Waals surface area contributed by atoms with E-state index in [4.69, 9.17) is 5.11 Å². The first-order valence-corrected chi connectivity index (χ1v) is 6.06. The number of sulfone groups is 1. The van der Waals surface area contributed by atoms with Crippen LogP contribution in [0.2, 0.25) is 0 Å². The van der Waals surface area contributed by atoms with Crippen LogP contribution in [-0.2, 0) is 14.6 Å². The highest BCUT2D eigenvalue weighted by Gasteiger charge is 2.57. The molecule has 0 unspecified atom stereocenters. The molecule has 0 amide bonds. The average Bonchev–Trinajstić information content (AvgIpc) is 2.11. The van der Waals surface area contributed by atoms with E-state index in [1.165, 1.54) is 0 Å². The highest BCUT2D eigenvalue weighted by atomic mass is 32.2. The topological polar surface area (TPSA) is 71.4 Å². The average molecular weight is 284 g/mol. The van der Waals surface area contributed by atoms with Crippen LogP contribution in [0.4, 0.5) is 22.0 Å². The van der Waals surface area contributed by atoms with Gasteiger partial charge < -0.3 is 5.11 Å². The van der Waals surface area contributed by atoms with Crippen molar-refractivity contribution in [3.63, 3.8) is 0 Å². The maximum Gasteiger partial charge on any atom is 0.453 e. The van der Waals surface area contributed by atoms with E-state index in [1.807, 2.05) is 0 Å². The van der Waals surface area contributed by atoms with Gasteiger partial charge in [-0.15, -0.1) is 0 Å². The lowest BCUT2D eigenvalue weighted by atomic mass is 10.2. The molecule has 0 aliphatic carbocycles. The summed E-state index contributed by atoms with van der Waals surface area (Å²) in [5.41, 5.74) is 0. The van der Waals surface area contributed by atoms with E-state index < -0.39 is 52.3 Å². The maximum atomic E-state index is 12.4. The summed E-state index contributed by atoms with van der Waals surface area (Å²) in [4.78, 5) is 10.0. The number of carboxylic acid groups (broad SMARTS) is 1. The third-order valence-corrected chi connectivity index (χ3v) is 3.42. The Kier molecular flexibility index (Phi) is 4.87. The molecule has 0 aliphatic heterocycles. The molecule has 0 aromatic rings. The number of alkyl halides is 5. The summed E-state index contributed by atoms with van der Waals surface area (Å²) >= 11 is 0. The molecule has 0 rings (SSSR count). The van der Waals surface area contributed by atoms with Gasteiger partial charge in [-0.05, 0) is 0 Å². The quantitative estimate of drug-likeness (QED) is 0.750. The van der Waals surface area contributed by atoms with Gasteiger partial charge in [0.15, 0.2) is 9.84 Å². The van der Waals surface area contributed by atoms with Gasteiger partial charge >= 0.3 is 18.1 Å². The highest BCUT2D eigenvalue weighted by molar-refractivity contribution is 7.91. The second-order valence-electron chi connectivity index (χ2n) is 3.25. The predicted molar refractivity (Wildman–Crippen MR) is 46.5 cm³/mol. The van der Waals surface area contributed by atoms with Gasteiger partial charge in [0.2, 0.25) is 0 Å². The van der Waals surface area contributed by atoms with Crippen LogP contribution in [0.25, 0.3) is 0 Å². The molecular formula is C7H9F5O4S. The van der Waals surface area contributed by atoms with E-state index >= 15 is 0 Å². The molecule has 0 aromatic carbocycles. The Morgan fingerprint density at radius 2 is 1.53 bits per heavy atom. The summed E-state index contributed by atoms with van der Waals surface area (Å²) < 4.78 is 81.6. The van der Waals surface area contributed by atoms with Gasteiger partial charge in [-0.25, -0.2) is 8.42 Å². The van der Waals surface area contributed by atoms with E-state index in [-0.39, 0.29) is 0 Å². The molecule has 17 heavy (non-hydrogen) atoms. The van der Waals surface area contributed by atoms with E-state index in [2.05, 4.69) is 0 Å². The van der Waals surface area contributed by atoms with E-state index in [0.717, 1.165) is 0 Å². The molecule has 0 aromatic heterocycles. The minimum absolute atomic E-state index is 0.833. The van der Waals surface area contributed by atoms with Gasteiger partial charge in [-0.1, -0.05) is 0 Å². The van der Waals surface area contributed by atoms with Gasteiger partial charge in [0.1, 0.15) is 0 Å². The molecule has 1 N–H and O–H groups in total. The van der Waals surface area contributed by atoms with Gasteiger partial charge in [0.25, 0.3) is 0 Å². The molecule has 0 saturated carbocycles. The molecule has 102 valence electrons. The fourth-order valence-corrected chi connectivity index (χ4v) is 2.03. The Labute approximate surface area is 93.3 Å². The summed E-state index contributed by atoms with van der Waals surface area (Å²) in [5.74, 6) is -8.94. The summed E-state index contributed by atoms with van der Waals surface area (Å²) in [6, 6.07) is 0. The highest BCUT2D eigenvalue weighted by Crippen LogP contribution is 2.38. The summed E-state index contributed by atoms with van der Waals surface area (Å²) in [6.45, 7) is 0. The molecule has 0 atom stereocenters. The SMILES string of the molecule is O=C(O)CCS(=O)(=O)CCC(F)(F)C(F)(F)F. The van der Waals surface area contributed by atoms with E-state index in [1.54, 1.807) is 0 Å². The molecule has 0 bridgehead atoms. The number of aliphatic carboxylic acids is 1. The monoisotopic (exact) mass is 284 g/mol. The van der Waals surface area contributed by atoms with Crippen LogP contribution in [0, 0.1) is 0 Å². The number of hydrogen-bond acceptors (Lipinski definition) is 3. The van der Waals surface area contributed by atoms with Gasteiger partial charge in [-0.3, -0.25) is 4.79 Å². The molecule has 0 spiro atoms. The third kappa shape index (κ3) is 5.80. The van der Waals surface area contributed by atoms with E-state index in [0.29, 0.717) is 0 Å². The zero-order chi connectivity index (χ0) is 13.9. The second-order valence-corrected chi connectivity index (χ2v) is 5.55. The molecule has 0 aliphatic rings. The van der Waals surface area contributed by atoms with E-state index in [9.17, 15) is 35.2 Å². The van der Waals surface area contributed by atoms with Crippen molar-refractivity contribution in [2.45, 2.75) is 24.9 Å². The Morgan fingerprint density at radius 1 is 1.06 bits per heavy atom. The van der Waals surface area contributed by atoms with Crippen molar-refractivity contribution in [1.82, 2.24) is 0 Å². The zero-order valence-corrected chi connectivity index (χ0v) is 9.11. The zero-order valence-electron chi connectivity index (χ0n) is 8.30. The molecule has 0 heterocycles. The molecule has 0 radical (unpaired) electrons. The Hall–Kier alpha value is -0.930. The summed E-state index contributed by atoms with van der Waals surface area (Å²) in [7, 11) is -4.23. The molecule has 4 nitrogen and oxygen atoms in total. The Balaban J connectivity index is 4.42. The number of carboxylic acids is 1. The fourth-order valence-electron chi connectivity index (χ4n) is 0.770. The first kappa shape index (κ1) is 16.1. The maximum absolute atomic E-state index is 12.4. The van der Waals surface area contributed by atoms with Crippen LogP contribution in [0.5, 0.6) is 0 Å². The molecule has 0 saturated heterocycles. The normalized spacial score (nSPS) is 13.7. The lowest BCUT2D eigenvalue weighted by Gasteiger charge is -2.19. The predicted octanol–water partition coefficient (Wildman–Crippen LogP) is 1.46. The fraction of sp³-hybridized carbons (Fsp3) is 0.857. The van der Waals surface area contributed by atoms with Gasteiger partial charge in [0.05, 0.1) is 17.9 Å². The van der Waals surface area contributed by atoms with Crippen molar-refractivity contribution >= 4 is 15.8 Å². The summed E-state index contributed by atoms with van der Waals surface area (Å²) in [6.07, 6.45) is -8.55. The largest absolute Gasteiger partial charge is 0.481 e. The second kappa shape index (κ2) is 5.15. The van der Waals surface area contributed by atoms with Crippen LogP contribution in [-0.4, -0.2) is 43.1 Å². The van der Waals surface area contributed by atoms with Crippen molar-refractivity contribution in [1.29, 1.82) is 0 Å². The van der Waals surface area contributed by atoms with Crippen LogP contribution in [0.15, 0.2) is 0 Å².